The molecule has 1 saturated heterocycles. The molecule has 5 heteroatoms. The van der Waals surface area contributed by atoms with Gasteiger partial charge in [-0.25, -0.2) is 0 Å². The lowest BCUT2D eigenvalue weighted by Gasteiger charge is -2.14. The number of aliphatic hydroxyl groups excluding tert-OH is 3. The van der Waals surface area contributed by atoms with E-state index < -0.39 is 24.6 Å². The molecule has 0 aromatic heterocycles. The first kappa shape index (κ1) is 8.89. The molecular formula is C6H12O5. The van der Waals surface area contributed by atoms with Crippen LogP contribution in [0.5, 0.6) is 0 Å². The standard InChI is InChI=1S/C6H12O5/c1-10-5-4(8)3(2-7)11-6(5)9/h3-9H,2H2,1H3/t3-,4-,5-,6-/m0/s1. The van der Waals surface area contributed by atoms with Crippen LogP contribution in [-0.2, 0) is 9.47 Å². The summed E-state index contributed by atoms with van der Waals surface area (Å²) >= 11 is 0. The summed E-state index contributed by atoms with van der Waals surface area (Å²) in [4.78, 5) is 0. The Bertz CT molecular complexity index is 128. The Morgan fingerprint density at radius 3 is 2.36 bits per heavy atom. The maximum Gasteiger partial charge on any atom is 0.184 e. The highest BCUT2D eigenvalue weighted by Crippen LogP contribution is 2.21. The van der Waals surface area contributed by atoms with Crippen molar-refractivity contribution in [3.05, 3.63) is 0 Å². The lowest BCUT2D eigenvalue weighted by Crippen LogP contribution is -2.35. The molecule has 0 aromatic rings. The summed E-state index contributed by atoms with van der Waals surface area (Å²) in [5.41, 5.74) is 0. The van der Waals surface area contributed by atoms with Crippen molar-refractivity contribution in [2.24, 2.45) is 0 Å². The Kier molecular flexibility index (Phi) is 2.80. The van der Waals surface area contributed by atoms with Crippen molar-refractivity contribution in [2.45, 2.75) is 24.6 Å². The first-order valence-electron chi connectivity index (χ1n) is 3.36. The van der Waals surface area contributed by atoms with Crippen LogP contribution in [0.15, 0.2) is 0 Å². The maximum absolute atomic E-state index is 9.25. The van der Waals surface area contributed by atoms with Gasteiger partial charge in [0.1, 0.15) is 18.3 Å². The molecule has 0 unspecified atom stereocenters. The van der Waals surface area contributed by atoms with Gasteiger partial charge in [0.25, 0.3) is 0 Å². The minimum absolute atomic E-state index is 0.321. The Hall–Kier alpha value is -0.200. The van der Waals surface area contributed by atoms with Crippen molar-refractivity contribution in [1.82, 2.24) is 0 Å². The molecule has 1 aliphatic rings. The van der Waals surface area contributed by atoms with E-state index in [9.17, 15) is 5.11 Å². The van der Waals surface area contributed by atoms with E-state index in [1.165, 1.54) is 7.11 Å². The van der Waals surface area contributed by atoms with Crippen molar-refractivity contribution in [3.63, 3.8) is 0 Å². The van der Waals surface area contributed by atoms with Gasteiger partial charge in [-0.05, 0) is 0 Å². The maximum atomic E-state index is 9.25. The van der Waals surface area contributed by atoms with E-state index in [2.05, 4.69) is 0 Å². The Balaban J connectivity index is 2.55. The van der Waals surface area contributed by atoms with Crippen LogP contribution in [0.4, 0.5) is 0 Å². The fourth-order valence-electron chi connectivity index (χ4n) is 1.12. The Labute approximate surface area is 64.2 Å². The van der Waals surface area contributed by atoms with Crippen molar-refractivity contribution in [1.29, 1.82) is 0 Å². The topological polar surface area (TPSA) is 79.2 Å². The minimum atomic E-state index is -1.15. The summed E-state index contributed by atoms with van der Waals surface area (Å²) in [6, 6.07) is 0. The SMILES string of the molecule is CO[C@H]1[C@@H](O)[C@H](CO)O[C@@H]1O. The molecular weight excluding hydrogens is 152 g/mol. The minimum Gasteiger partial charge on any atom is -0.394 e. The zero-order valence-corrected chi connectivity index (χ0v) is 6.17. The van der Waals surface area contributed by atoms with E-state index in [-0.39, 0.29) is 6.61 Å². The summed E-state index contributed by atoms with van der Waals surface area (Å²) in [6.07, 6.45) is -3.60. The fourth-order valence-corrected chi connectivity index (χ4v) is 1.12. The van der Waals surface area contributed by atoms with Gasteiger partial charge >= 0.3 is 0 Å². The molecule has 0 bridgehead atoms. The average Bonchev–Trinajstić information content (AvgIpc) is 2.26. The third-order valence-electron chi connectivity index (χ3n) is 1.76. The van der Waals surface area contributed by atoms with Crippen LogP contribution >= 0.6 is 0 Å². The zero-order valence-electron chi connectivity index (χ0n) is 6.17. The smallest absolute Gasteiger partial charge is 0.184 e. The monoisotopic (exact) mass is 164 g/mol. The average molecular weight is 164 g/mol. The number of aliphatic hydroxyl groups is 3. The molecule has 1 aliphatic heterocycles. The number of ether oxygens (including phenoxy) is 2. The van der Waals surface area contributed by atoms with Gasteiger partial charge in [0.15, 0.2) is 6.29 Å². The highest BCUT2D eigenvalue weighted by molar-refractivity contribution is 4.86. The molecule has 0 radical (unpaired) electrons. The second-order valence-electron chi connectivity index (χ2n) is 2.44. The molecule has 3 N–H and O–H groups in total. The van der Waals surface area contributed by atoms with Crippen molar-refractivity contribution in [2.75, 3.05) is 13.7 Å². The molecule has 4 atom stereocenters. The molecule has 66 valence electrons. The molecule has 0 aliphatic carbocycles. The summed E-state index contributed by atoms with van der Waals surface area (Å²) in [5.74, 6) is 0. The molecule has 1 heterocycles. The Morgan fingerprint density at radius 2 is 2.09 bits per heavy atom. The van der Waals surface area contributed by atoms with Crippen LogP contribution in [0, 0.1) is 0 Å². The molecule has 0 spiro atoms. The van der Waals surface area contributed by atoms with Crippen LogP contribution in [0.3, 0.4) is 0 Å². The lowest BCUT2D eigenvalue weighted by atomic mass is 10.1. The second-order valence-corrected chi connectivity index (χ2v) is 2.44. The lowest BCUT2D eigenvalue weighted by molar-refractivity contribution is -0.139. The normalized spacial score (nSPS) is 44.7. The van der Waals surface area contributed by atoms with Gasteiger partial charge in [-0.2, -0.15) is 0 Å². The number of methoxy groups -OCH3 is 1. The molecule has 1 rings (SSSR count). The highest BCUT2D eigenvalue weighted by Gasteiger charge is 2.42. The van der Waals surface area contributed by atoms with Crippen LogP contribution in [0.25, 0.3) is 0 Å². The molecule has 5 nitrogen and oxygen atoms in total. The fraction of sp³-hybridized carbons (Fsp3) is 1.00. The first-order chi connectivity index (χ1) is 5.20. The van der Waals surface area contributed by atoms with E-state index in [4.69, 9.17) is 19.7 Å². The zero-order chi connectivity index (χ0) is 8.43. The van der Waals surface area contributed by atoms with Gasteiger partial charge in [0.05, 0.1) is 6.61 Å². The molecule has 1 fully saturated rings. The van der Waals surface area contributed by atoms with Gasteiger partial charge < -0.3 is 24.8 Å². The van der Waals surface area contributed by atoms with E-state index in [0.717, 1.165) is 0 Å². The van der Waals surface area contributed by atoms with Crippen molar-refractivity contribution in [3.8, 4) is 0 Å². The first-order valence-corrected chi connectivity index (χ1v) is 3.36. The van der Waals surface area contributed by atoms with Crippen molar-refractivity contribution < 1.29 is 24.8 Å². The van der Waals surface area contributed by atoms with Crippen LogP contribution in [-0.4, -0.2) is 53.6 Å². The van der Waals surface area contributed by atoms with Gasteiger partial charge in [0.2, 0.25) is 0 Å². The third-order valence-corrected chi connectivity index (χ3v) is 1.76. The van der Waals surface area contributed by atoms with Crippen LogP contribution < -0.4 is 0 Å². The predicted octanol–water partition coefficient (Wildman–Crippen LogP) is -1.93. The highest BCUT2D eigenvalue weighted by atomic mass is 16.7. The summed E-state index contributed by atoms with van der Waals surface area (Å²) in [7, 11) is 1.36. The molecule has 11 heavy (non-hydrogen) atoms. The van der Waals surface area contributed by atoms with Gasteiger partial charge in [0, 0.05) is 7.11 Å². The van der Waals surface area contributed by atoms with Gasteiger partial charge in [-0.1, -0.05) is 0 Å². The van der Waals surface area contributed by atoms with E-state index in [1.807, 2.05) is 0 Å². The number of rotatable bonds is 2. The van der Waals surface area contributed by atoms with Crippen LogP contribution in [0.1, 0.15) is 0 Å². The molecule has 0 amide bonds. The van der Waals surface area contributed by atoms with E-state index >= 15 is 0 Å². The van der Waals surface area contributed by atoms with Gasteiger partial charge in [-0.3, -0.25) is 0 Å². The summed E-state index contributed by atoms with van der Waals surface area (Å²) in [6.45, 7) is -0.321. The number of hydrogen-bond acceptors (Lipinski definition) is 5. The molecule has 0 saturated carbocycles. The van der Waals surface area contributed by atoms with Gasteiger partial charge in [-0.15, -0.1) is 0 Å². The van der Waals surface area contributed by atoms with E-state index in [1.54, 1.807) is 0 Å². The van der Waals surface area contributed by atoms with Crippen LogP contribution in [0.2, 0.25) is 0 Å². The summed E-state index contributed by atoms with van der Waals surface area (Å²) < 4.78 is 9.49. The summed E-state index contributed by atoms with van der Waals surface area (Å²) in [5, 5.41) is 26.9. The second kappa shape index (κ2) is 3.46. The largest absolute Gasteiger partial charge is 0.394 e. The third kappa shape index (κ3) is 1.52. The number of hydrogen-bond donors (Lipinski definition) is 3. The van der Waals surface area contributed by atoms with E-state index in [0.29, 0.717) is 0 Å². The predicted molar refractivity (Wildman–Crippen MR) is 34.8 cm³/mol. The quantitative estimate of drug-likeness (QED) is 0.443. The van der Waals surface area contributed by atoms with Crippen molar-refractivity contribution >= 4 is 0 Å². The molecule has 0 aromatic carbocycles. The Morgan fingerprint density at radius 1 is 1.45 bits per heavy atom.